The van der Waals surface area contributed by atoms with E-state index in [1.165, 1.54) is 11.3 Å². The van der Waals surface area contributed by atoms with Crippen LogP contribution in [0.4, 0.5) is 0 Å². The van der Waals surface area contributed by atoms with Gasteiger partial charge in [0.2, 0.25) is 0 Å². The van der Waals surface area contributed by atoms with Gasteiger partial charge in [0, 0.05) is 18.3 Å². The minimum absolute atomic E-state index is 0.100. The number of aromatic nitrogens is 1. The van der Waals surface area contributed by atoms with Gasteiger partial charge in [-0.15, -0.1) is 11.3 Å². The normalized spacial score (nSPS) is 12.4. The third-order valence-corrected chi connectivity index (χ3v) is 3.66. The molecule has 0 spiro atoms. The van der Waals surface area contributed by atoms with Crippen LogP contribution in [0.1, 0.15) is 28.1 Å². The van der Waals surface area contributed by atoms with Gasteiger partial charge in [-0.25, -0.2) is 0 Å². The maximum Gasteiger partial charge on any atom is 0.179 e. The van der Waals surface area contributed by atoms with Crippen molar-refractivity contribution in [1.29, 1.82) is 0 Å². The predicted molar refractivity (Wildman–Crippen MR) is 66.3 cm³/mol. The zero-order chi connectivity index (χ0) is 11.5. The molecule has 16 heavy (non-hydrogen) atoms. The van der Waals surface area contributed by atoms with Crippen molar-refractivity contribution in [2.75, 3.05) is 0 Å². The quantitative estimate of drug-likeness (QED) is 0.777. The van der Waals surface area contributed by atoms with E-state index in [0.717, 1.165) is 5.56 Å². The molecule has 4 heteroatoms. The molecule has 0 aliphatic carbocycles. The van der Waals surface area contributed by atoms with Gasteiger partial charge in [0.1, 0.15) is 0 Å². The second-order valence-corrected chi connectivity index (χ2v) is 5.19. The van der Waals surface area contributed by atoms with Gasteiger partial charge < -0.3 is 0 Å². The Balaban J connectivity index is 2.23. The molecule has 2 heterocycles. The van der Waals surface area contributed by atoms with Crippen LogP contribution < -0.4 is 0 Å². The van der Waals surface area contributed by atoms with E-state index < -0.39 is 0 Å². The molecule has 0 N–H and O–H groups in total. The molecule has 82 valence electrons. The number of ketones is 1. The second-order valence-electron chi connectivity index (χ2n) is 3.47. The SMILES string of the molecule is CC(C(=O)c1ccc(Cl)s1)c1ccncc1. The van der Waals surface area contributed by atoms with E-state index in [2.05, 4.69) is 4.98 Å². The van der Waals surface area contributed by atoms with Crippen LogP contribution in [-0.2, 0) is 0 Å². The lowest BCUT2D eigenvalue weighted by Crippen LogP contribution is -2.07. The van der Waals surface area contributed by atoms with Gasteiger partial charge in [0.25, 0.3) is 0 Å². The monoisotopic (exact) mass is 251 g/mol. The predicted octanol–water partition coefficient (Wildman–Crippen LogP) is 3.78. The van der Waals surface area contributed by atoms with Crippen molar-refractivity contribution in [1.82, 2.24) is 4.98 Å². The van der Waals surface area contributed by atoms with E-state index in [4.69, 9.17) is 11.6 Å². The number of pyridine rings is 1. The summed E-state index contributed by atoms with van der Waals surface area (Å²) in [7, 11) is 0. The molecule has 0 aromatic carbocycles. The number of thiophene rings is 1. The van der Waals surface area contributed by atoms with Crippen molar-refractivity contribution in [3.63, 3.8) is 0 Å². The summed E-state index contributed by atoms with van der Waals surface area (Å²) in [6.07, 6.45) is 3.39. The van der Waals surface area contributed by atoms with Crippen molar-refractivity contribution >= 4 is 28.7 Å². The van der Waals surface area contributed by atoms with Crippen LogP contribution in [0.3, 0.4) is 0 Å². The molecule has 1 atom stereocenters. The first-order valence-electron chi connectivity index (χ1n) is 4.88. The maximum absolute atomic E-state index is 12.1. The first-order chi connectivity index (χ1) is 7.68. The highest BCUT2D eigenvalue weighted by molar-refractivity contribution is 7.18. The summed E-state index contributed by atoms with van der Waals surface area (Å²) < 4.78 is 0.644. The smallest absolute Gasteiger partial charge is 0.179 e. The molecule has 0 bridgehead atoms. The zero-order valence-electron chi connectivity index (χ0n) is 8.68. The van der Waals surface area contributed by atoms with Crippen LogP contribution in [0.25, 0.3) is 0 Å². The molecule has 0 saturated heterocycles. The Morgan fingerprint density at radius 3 is 2.56 bits per heavy atom. The van der Waals surface area contributed by atoms with Gasteiger partial charge in [0.05, 0.1) is 9.21 Å². The number of carbonyl (C=O) groups is 1. The molecule has 2 nitrogen and oxygen atoms in total. The average Bonchev–Trinajstić information content (AvgIpc) is 2.75. The van der Waals surface area contributed by atoms with Gasteiger partial charge in [0.15, 0.2) is 5.78 Å². The molecule has 0 aliphatic heterocycles. The molecule has 2 aromatic heterocycles. The fraction of sp³-hybridized carbons (Fsp3) is 0.167. The number of halogens is 1. The number of rotatable bonds is 3. The van der Waals surface area contributed by atoms with Crippen molar-refractivity contribution in [3.8, 4) is 0 Å². The van der Waals surface area contributed by atoms with Crippen LogP contribution in [0.5, 0.6) is 0 Å². The molecule has 2 aromatic rings. The van der Waals surface area contributed by atoms with Crippen LogP contribution >= 0.6 is 22.9 Å². The fourth-order valence-electron chi connectivity index (χ4n) is 1.46. The number of hydrogen-bond donors (Lipinski definition) is 0. The maximum atomic E-state index is 12.1. The Labute approximate surface area is 103 Å². The first-order valence-corrected chi connectivity index (χ1v) is 6.07. The summed E-state index contributed by atoms with van der Waals surface area (Å²) in [6, 6.07) is 7.24. The lowest BCUT2D eigenvalue weighted by Gasteiger charge is -2.08. The summed E-state index contributed by atoms with van der Waals surface area (Å²) >= 11 is 7.13. The van der Waals surface area contributed by atoms with Crippen molar-refractivity contribution in [2.45, 2.75) is 12.8 Å². The Kier molecular flexibility index (Phi) is 3.36. The highest BCUT2D eigenvalue weighted by Crippen LogP contribution is 2.27. The standard InChI is InChI=1S/C12H10ClNOS/c1-8(9-4-6-14-7-5-9)12(15)10-2-3-11(13)16-10/h2-8H,1H3. The molecule has 2 rings (SSSR count). The van der Waals surface area contributed by atoms with E-state index in [0.29, 0.717) is 9.21 Å². The van der Waals surface area contributed by atoms with Crippen LogP contribution in [0.2, 0.25) is 4.34 Å². The van der Waals surface area contributed by atoms with Gasteiger partial charge in [-0.05, 0) is 29.8 Å². The van der Waals surface area contributed by atoms with Gasteiger partial charge >= 0.3 is 0 Å². The summed E-state index contributed by atoms with van der Waals surface area (Å²) in [6.45, 7) is 1.89. The molecule has 0 aliphatic rings. The number of hydrogen-bond acceptors (Lipinski definition) is 3. The highest BCUT2D eigenvalue weighted by Gasteiger charge is 2.18. The van der Waals surface area contributed by atoms with E-state index in [1.807, 2.05) is 19.1 Å². The van der Waals surface area contributed by atoms with Crippen LogP contribution in [0, 0.1) is 0 Å². The fourth-order valence-corrected chi connectivity index (χ4v) is 2.54. The molecule has 0 radical (unpaired) electrons. The second kappa shape index (κ2) is 4.76. The lowest BCUT2D eigenvalue weighted by atomic mass is 9.97. The first kappa shape index (κ1) is 11.3. The largest absolute Gasteiger partial charge is 0.293 e. The molecular weight excluding hydrogens is 242 g/mol. The summed E-state index contributed by atoms with van der Waals surface area (Å²) in [5.74, 6) is -0.0548. The zero-order valence-corrected chi connectivity index (χ0v) is 10.3. The lowest BCUT2D eigenvalue weighted by molar-refractivity contribution is 0.0970. The van der Waals surface area contributed by atoms with Gasteiger partial charge in [-0.2, -0.15) is 0 Å². The van der Waals surface area contributed by atoms with E-state index >= 15 is 0 Å². The van der Waals surface area contributed by atoms with Crippen LogP contribution in [-0.4, -0.2) is 10.8 Å². The summed E-state index contributed by atoms with van der Waals surface area (Å²) in [4.78, 5) is 16.7. The van der Waals surface area contributed by atoms with E-state index in [9.17, 15) is 4.79 Å². The Hall–Kier alpha value is -1.19. The minimum Gasteiger partial charge on any atom is -0.293 e. The number of carbonyl (C=O) groups excluding carboxylic acids is 1. The Morgan fingerprint density at radius 2 is 2.00 bits per heavy atom. The Morgan fingerprint density at radius 1 is 1.31 bits per heavy atom. The molecular formula is C12H10ClNOS. The Bertz CT molecular complexity index is 495. The summed E-state index contributed by atoms with van der Waals surface area (Å²) in [5.41, 5.74) is 0.976. The minimum atomic E-state index is -0.155. The van der Waals surface area contributed by atoms with Gasteiger partial charge in [-0.3, -0.25) is 9.78 Å². The average molecular weight is 252 g/mol. The molecule has 0 amide bonds. The van der Waals surface area contributed by atoms with Crippen LogP contribution in [0.15, 0.2) is 36.7 Å². The third-order valence-electron chi connectivity index (χ3n) is 2.42. The van der Waals surface area contributed by atoms with E-state index in [1.54, 1.807) is 24.5 Å². The van der Waals surface area contributed by atoms with Crippen molar-refractivity contribution < 1.29 is 4.79 Å². The topological polar surface area (TPSA) is 30.0 Å². The van der Waals surface area contributed by atoms with E-state index in [-0.39, 0.29) is 11.7 Å². The third kappa shape index (κ3) is 2.31. The number of nitrogens with zero attached hydrogens (tertiary/aromatic N) is 1. The number of Topliss-reactive ketones (excluding diaryl/α,β-unsaturated/α-hetero) is 1. The van der Waals surface area contributed by atoms with Crippen molar-refractivity contribution in [3.05, 3.63) is 51.4 Å². The molecule has 0 saturated carbocycles. The summed E-state index contributed by atoms with van der Waals surface area (Å²) in [5, 5.41) is 0. The van der Waals surface area contributed by atoms with Crippen molar-refractivity contribution in [2.24, 2.45) is 0 Å². The molecule has 1 unspecified atom stereocenters. The molecule has 0 fully saturated rings. The van der Waals surface area contributed by atoms with Gasteiger partial charge in [-0.1, -0.05) is 18.5 Å². The highest BCUT2D eigenvalue weighted by atomic mass is 35.5.